The number of benzene rings is 2. The van der Waals surface area contributed by atoms with E-state index >= 15 is 0 Å². The van der Waals surface area contributed by atoms with Gasteiger partial charge in [-0.3, -0.25) is 10.1 Å². The maximum absolute atomic E-state index is 11.9. The second-order valence-corrected chi connectivity index (χ2v) is 5.08. The smallest absolute Gasteiger partial charge is 0.323 e. The Morgan fingerprint density at radius 3 is 2.48 bits per heavy atom. The molecule has 7 nitrogen and oxygen atoms in total. The highest BCUT2D eigenvalue weighted by Crippen LogP contribution is 2.26. The number of hydrogen-bond acceptors (Lipinski definition) is 4. The molecule has 0 fully saturated rings. The molecule has 0 bridgehead atoms. The van der Waals surface area contributed by atoms with E-state index in [1.807, 2.05) is 0 Å². The molecule has 2 aromatic rings. The van der Waals surface area contributed by atoms with Crippen LogP contribution in [0.2, 0.25) is 5.02 Å². The van der Waals surface area contributed by atoms with Crippen LogP contribution in [0.3, 0.4) is 0 Å². The predicted molar refractivity (Wildman–Crippen MR) is 88.0 cm³/mol. The third-order valence-electron chi connectivity index (χ3n) is 3.02. The van der Waals surface area contributed by atoms with E-state index in [1.165, 1.54) is 18.2 Å². The lowest BCUT2D eigenvalue weighted by Gasteiger charge is -2.09. The quantitative estimate of drug-likeness (QED) is 0.575. The average molecular weight is 336 g/mol. The predicted octanol–water partition coefficient (Wildman–Crippen LogP) is 3.43. The fourth-order valence-corrected chi connectivity index (χ4v) is 2.06. The van der Waals surface area contributed by atoms with Crippen LogP contribution in [0.15, 0.2) is 42.5 Å². The highest BCUT2D eigenvalue weighted by Gasteiger charge is 2.12. The minimum atomic E-state index is -0.570. The number of nitrogens with one attached hydrogen (secondary N) is 2. The van der Waals surface area contributed by atoms with Gasteiger partial charge in [-0.05, 0) is 30.2 Å². The number of non-ortho nitro benzene ring substituents is 1. The van der Waals surface area contributed by atoms with Crippen molar-refractivity contribution in [2.75, 3.05) is 17.2 Å². The lowest BCUT2D eigenvalue weighted by atomic mass is 10.1. The molecule has 2 aromatic carbocycles. The molecule has 0 aliphatic heterocycles. The van der Waals surface area contributed by atoms with Gasteiger partial charge in [0, 0.05) is 24.4 Å². The molecule has 8 heteroatoms. The van der Waals surface area contributed by atoms with E-state index < -0.39 is 11.0 Å². The third kappa shape index (κ3) is 4.67. The average Bonchev–Trinajstić information content (AvgIpc) is 2.51. The first-order chi connectivity index (χ1) is 11.0. The number of carbonyl (C=O) groups excluding carboxylic acids is 1. The molecule has 2 rings (SSSR count). The molecule has 0 spiro atoms. The normalized spacial score (nSPS) is 10.2. The molecule has 23 heavy (non-hydrogen) atoms. The Labute approximate surface area is 137 Å². The standard InChI is InChI=1S/C15H14ClN3O4/c16-13-6-5-12(19(22)23)9-14(13)18-15(21)17-11-3-1-10(2-4-11)7-8-20/h1-6,9,20H,7-8H2,(H2,17,18,21). The highest BCUT2D eigenvalue weighted by atomic mass is 35.5. The summed E-state index contributed by atoms with van der Waals surface area (Å²) >= 11 is 5.91. The first-order valence-electron chi connectivity index (χ1n) is 6.71. The maximum atomic E-state index is 11.9. The van der Waals surface area contributed by atoms with E-state index in [0.29, 0.717) is 12.1 Å². The second-order valence-electron chi connectivity index (χ2n) is 4.67. The van der Waals surface area contributed by atoms with Crippen molar-refractivity contribution in [3.63, 3.8) is 0 Å². The number of rotatable bonds is 5. The van der Waals surface area contributed by atoms with Crippen LogP contribution in [0.25, 0.3) is 0 Å². The first kappa shape index (κ1) is 16.7. The molecule has 0 aromatic heterocycles. The van der Waals surface area contributed by atoms with Gasteiger partial charge in [0.1, 0.15) is 0 Å². The van der Waals surface area contributed by atoms with Crippen LogP contribution in [0, 0.1) is 10.1 Å². The summed E-state index contributed by atoms with van der Waals surface area (Å²) < 4.78 is 0. The number of aliphatic hydroxyl groups is 1. The fourth-order valence-electron chi connectivity index (χ4n) is 1.89. The van der Waals surface area contributed by atoms with Crippen molar-refractivity contribution >= 4 is 34.7 Å². The van der Waals surface area contributed by atoms with Crippen molar-refractivity contribution in [1.29, 1.82) is 0 Å². The summed E-state index contributed by atoms with van der Waals surface area (Å²) in [6, 6.07) is 10.2. The largest absolute Gasteiger partial charge is 0.396 e. The topological polar surface area (TPSA) is 104 Å². The van der Waals surface area contributed by atoms with Gasteiger partial charge in [-0.15, -0.1) is 0 Å². The summed E-state index contributed by atoms with van der Waals surface area (Å²) in [5, 5.41) is 24.8. The fraction of sp³-hybridized carbons (Fsp3) is 0.133. The van der Waals surface area contributed by atoms with Gasteiger partial charge in [0.2, 0.25) is 0 Å². The van der Waals surface area contributed by atoms with Crippen LogP contribution in [-0.2, 0) is 6.42 Å². The van der Waals surface area contributed by atoms with E-state index in [0.717, 1.165) is 5.56 Å². The van der Waals surface area contributed by atoms with Crippen LogP contribution in [-0.4, -0.2) is 22.7 Å². The summed E-state index contributed by atoms with van der Waals surface area (Å²) in [6.07, 6.45) is 0.537. The molecule has 0 radical (unpaired) electrons. The number of urea groups is 1. The lowest BCUT2D eigenvalue weighted by Crippen LogP contribution is -2.19. The number of hydrogen-bond donors (Lipinski definition) is 3. The zero-order chi connectivity index (χ0) is 16.8. The number of nitrogens with zero attached hydrogens (tertiary/aromatic N) is 1. The Kier molecular flexibility index (Phi) is 5.51. The Morgan fingerprint density at radius 1 is 1.17 bits per heavy atom. The van der Waals surface area contributed by atoms with Gasteiger partial charge in [-0.1, -0.05) is 23.7 Å². The molecule has 0 saturated heterocycles. The number of aliphatic hydroxyl groups excluding tert-OH is 1. The minimum absolute atomic E-state index is 0.0541. The van der Waals surface area contributed by atoms with Gasteiger partial charge >= 0.3 is 6.03 Å². The third-order valence-corrected chi connectivity index (χ3v) is 3.35. The Bertz CT molecular complexity index is 719. The zero-order valence-corrected chi connectivity index (χ0v) is 12.7. The molecule has 0 aliphatic carbocycles. The summed E-state index contributed by atoms with van der Waals surface area (Å²) in [5.74, 6) is 0. The van der Waals surface area contributed by atoms with Gasteiger partial charge in [0.15, 0.2) is 0 Å². The molecule has 120 valence electrons. The number of nitro groups is 1. The SMILES string of the molecule is O=C(Nc1ccc(CCO)cc1)Nc1cc([N+](=O)[O-])ccc1Cl. The Hall–Kier alpha value is -2.64. The summed E-state index contributed by atoms with van der Waals surface area (Å²) in [4.78, 5) is 22.1. The number of nitro benzene ring substituents is 1. The van der Waals surface area contributed by atoms with Crippen LogP contribution in [0.5, 0.6) is 0 Å². The summed E-state index contributed by atoms with van der Waals surface area (Å²) in [6.45, 7) is 0.0541. The van der Waals surface area contributed by atoms with Crippen molar-refractivity contribution in [1.82, 2.24) is 0 Å². The number of halogens is 1. The van der Waals surface area contributed by atoms with Crippen LogP contribution in [0.4, 0.5) is 21.9 Å². The molecule has 0 aliphatic rings. The lowest BCUT2D eigenvalue weighted by molar-refractivity contribution is -0.384. The summed E-state index contributed by atoms with van der Waals surface area (Å²) in [7, 11) is 0. The zero-order valence-electron chi connectivity index (χ0n) is 12.0. The van der Waals surface area contributed by atoms with E-state index in [2.05, 4.69) is 10.6 Å². The van der Waals surface area contributed by atoms with Crippen molar-refractivity contribution in [3.8, 4) is 0 Å². The van der Waals surface area contributed by atoms with E-state index in [1.54, 1.807) is 24.3 Å². The molecular weight excluding hydrogens is 322 g/mol. The molecule has 0 saturated carbocycles. The number of anilines is 2. The minimum Gasteiger partial charge on any atom is -0.396 e. The van der Waals surface area contributed by atoms with Crippen LogP contribution in [0.1, 0.15) is 5.56 Å². The number of amides is 2. The number of carbonyl (C=O) groups is 1. The maximum Gasteiger partial charge on any atom is 0.323 e. The molecule has 0 unspecified atom stereocenters. The van der Waals surface area contributed by atoms with Crippen molar-refractivity contribution in [2.45, 2.75) is 6.42 Å². The monoisotopic (exact) mass is 335 g/mol. The second kappa shape index (κ2) is 7.57. The first-order valence-corrected chi connectivity index (χ1v) is 7.09. The van der Waals surface area contributed by atoms with Gasteiger partial charge < -0.3 is 15.7 Å². The molecule has 0 atom stereocenters. The van der Waals surface area contributed by atoms with Gasteiger partial charge in [-0.2, -0.15) is 0 Å². The van der Waals surface area contributed by atoms with Crippen molar-refractivity contribution < 1.29 is 14.8 Å². The van der Waals surface area contributed by atoms with Crippen LogP contribution < -0.4 is 10.6 Å². The Morgan fingerprint density at radius 2 is 1.87 bits per heavy atom. The molecule has 3 N–H and O–H groups in total. The highest BCUT2D eigenvalue weighted by molar-refractivity contribution is 6.33. The summed E-state index contributed by atoms with van der Waals surface area (Å²) in [5.41, 5.74) is 1.47. The van der Waals surface area contributed by atoms with Crippen molar-refractivity contribution in [2.24, 2.45) is 0 Å². The van der Waals surface area contributed by atoms with E-state index in [-0.39, 0.29) is 23.0 Å². The van der Waals surface area contributed by atoms with Gasteiger partial charge in [0.25, 0.3) is 5.69 Å². The van der Waals surface area contributed by atoms with Crippen LogP contribution >= 0.6 is 11.6 Å². The van der Waals surface area contributed by atoms with Gasteiger partial charge in [0.05, 0.1) is 15.6 Å². The molecule has 0 heterocycles. The van der Waals surface area contributed by atoms with E-state index in [9.17, 15) is 14.9 Å². The Balaban J connectivity index is 2.04. The van der Waals surface area contributed by atoms with Crippen molar-refractivity contribution in [3.05, 3.63) is 63.2 Å². The van der Waals surface area contributed by atoms with E-state index in [4.69, 9.17) is 16.7 Å². The molecular formula is C15H14ClN3O4. The molecule has 2 amide bonds. The van der Waals surface area contributed by atoms with Gasteiger partial charge in [-0.25, -0.2) is 4.79 Å².